The van der Waals surface area contributed by atoms with Crippen molar-refractivity contribution in [3.63, 3.8) is 0 Å². The summed E-state index contributed by atoms with van der Waals surface area (Å²) < 4.78 is 11.0. The van der Waals surface area contributed by atoms with Crippen LogP contribution in [0.25, 0.3) is 0 Å². The highest BCUT2D eigenvalue weighted by molar-refractivity contribution is 6.34. The molecule has 7 nitrogen and oxygen atoms in total. The standard InChI is InChI=1S/C23H26ClN3O4/c1-16-4-2-3-5-17(16)12-23(29)27-8-6-26(7-9-27)15-22(28)25-19-14-21-20(13-18(19)24)30-10-11-31-21/h2-5,13-14H,6-12,15H2,1H3,(H,25,28). The normalized spacial score (nSPS) is 16.1. The van der Waals surface area contributed by atoms with Crippen LogP contribution in [0.5, 0.6) is 11.5 Å². The number of aryl methyl sites for hydroxylation is 1. The summed E-state index contributed by atoms with van der Waals surface area (Å²) >= 11 is 6.27. The lowest BCUT2D eigenvalue weighted by Gasteiger charge is -2.34. The Kier molecular flexibility index (Phi) is 6.63. The monoisotopic (exact) mass is 443 g/mol. The number of fused-ring (bicyclic) bond motifs is 1. The first-order valence-electron chi connectivity index (χ1n) is 10.4. The highest BCUT2D eigenvalue weighted by Gasteiger charge is 2.23. The molecular weight excluding hydrogens is 418 g/mol. The van der Waals surface area contributed by atoms with Crippen molar-refractivity contribution in [3.8, 4) is 11.5 Å². The summed E-state index contributed by atoms with van der Waals surface area (Å²) in [5.41, 5.74) is 2.69. The molecule has 164 valence electrons. The lowest BCUT2D eigenvalue weighted by Crippen LogP contribution is -2.50. The molecule has 2 heterocycles. The molecule has 0 aliphatic carbocycles. The molecule has 0 bridgehead atoms. The molecule has 2 aliphatic rings. The largest absolute Gasteiger partial charge is 0.486 e. The second-order valence-electron chi connectivity index (χ2n) is 7.78. The summed E-state index contributed by atoms with van der Waals surface area (Å²) in [6.45, 7) is 5.75. The van der Waals surface area contributed by atoms with Crippen LogP contribution in [0.2, 0.25) is 5.02 Å². The molecule has 2 amide bonds. The molecule has 2 aromatic carbocycles. The quantitative estimate of drug-likeness (QED) is 0.769. The average molecular weight is 444 g/mol. The number of nitrogens with zero attached hydrogens (tertiary/aromatic N) is 2. The van der Waals surface area contributed by atoms with Crippen LogP contribution in [0.1, 0.15) is 11.1 Å². The highest BCUT2D eigenvalue weighted by atomic mass is 35.5. The number of anilines is 1. The Morgan fingerprint density at radius 2 is 1.71 bits per heavy atom. The number of carbonyl (C=O) groups is 2. The molecule has 1 fully saturated rings. The first kappa shape index (κ1) is 21.5. The van der Waals surface area contributed by atoms with Crippen molar-refractivity contribution in [2.45, 2.75) is 13.3 Å². The fourth-order valence-corrected chi connectivity index (χ4v) is 3.99. The predicted octanol–water partition coefficient (Wildman–Crippen LogP) is 2.75. The summed E-state index contributed by atoms with van der Waals surface area (Å²) in [4.78, 5) is 29.1. The number of hydrogen-bond acceptors (Lipinski definition) is 5. The van der Waals surface area contributed by atoms with Gasteiger partial charge in [-0.1, -0.05) is 35.9 Å². The zero-order valence-electron chi connectivity index (χ0n) is 17.5. The summed E-state index contributed by atoms with van der Waals surface area (Å²) in [7, 11) is 0. The van der Waals surface area contributed by atoms with Gasteiger partial charge in [0.1, 0.15) is 13.2 Å². The maximum Gasteiger partial charge on any atom is 0.238 e. The van der Waals surface area contributed by atoms with Crippen molar-refractivity contribution in [1.29, 1.82) is 0 Å². The van der Waals surface area contributed by atoms with Crippen LogP contribution in [0, 0.1) is 6.92 Å². The van der Waals surface area contributed by atoms with Crippen molar-refractivity contribution in [2.75, 3.05) is 51.3 Å². The van der Waals surface area contributed by atoms with Crippen molar-refractivity contribution >= 4 is 29.1 Å². The Hall–Kier alpha value is -2.77. The smallest absolute Gasteiger partial charge is 0.238 e. The lowest BCUT2D eigenvalue weighted by atomic mass is 10.1. The first-order valence-corrected chi connectivity index (χ1v) is 10.8. The average Bonchev–Trinajstić information content (AvgIpc) is 2.76. The molecule has 0 saturated carbocycles. The van der Waals surface area contributed by atoms with E-state index < -0.39 is 0 Å². The maximum absolute atomic E-state index is 12.6. The van der Waals surface area contributed by atoms with Gasteiger partial charge in [0.05, 0.1) is 23.7 Å². The van der Waals surface area contributed by atoms with Gasteiger partial charge in [0.15, 0.2) is 11.5 Å². The number of benzene rings is 2. The minimum absolute atomic E-state index is 0.126. The van der Waals surface area contributed by atoms with Crippen LogP contribution in [0.4, 0.5) is 5.69 Å². The molecule has 1 N–H and O–H groups in total. The van der Waals surface area contributed by atoms with Gasteiger partial charge in [0.2, 0.25) is 11.8 Å². The molecule has 0 atom stereocenters. The number of halogens is 1. The SMILES string of the molecule is Cc1ccccc1CC(=O)N1CCN(CC(=O)Nc2cc3c(cc2Cl)OCCO3)CC1. The highest BCUT2D eigenvalue weighted by Crippen LogP contribution is 2.37. The zero-order valence-corrected chi connectivity index (χ0v) is 18.3. The molecule has 0 radical (unpaired) electrons. The molecule has 0 unspecified atom stereocenters. The summed E-state index contributed by atoms with van der Waals surface area (Å²) in [5, 5.41) is 3.26. The summed E-state index contributed by atoms with van der Waals surface area (Å²) in [6, 6.07) is 11.3. The van der Waals surface area contributed by atoms with Crippen LogP contribution < -0.4 is 14.8 Å². The van der Waals surface area contributed by atoms with Gasteiger partial charge in [-0.2, -0.15) is 0 Å². The fourth-order valence-electron chi connectivity index (χ4n) is 3.79. The second kappa shape index (κ2) is 9.58. The van der Waals surface area contributed by atoms with Gasteiger partial charge in [-0.25, -0.2) is 0 Å². The van der Waals surface area contributed by atoms with Gasteiger partial charge in [-0.05, 0) is 18.1 Å². The van der Waals surface area contributed by atoms with E-state index in [4.69, 9.17) is 21.1 Å². The maximum atomic E-state index is 12.6. The predicted molar refractivity (Wildman–Crippen MR) is 119 cm³/mol. The van der Waals surface area contributed by atoms with Crippen molar-refractivity contribution in [1.82, 2.24) is 9.80 Å². The Balaban J connectivity index is 1.27. The van der Waals surface area contributed by atoms with E-state index in [-0.39, 0.29) is 18.4 Å². The fraction of sp³-hybridized carbons (Fsp3) is 0.391. The van der Waals surface area contributed by atoms with Gasteiger partial charge in [-0.15, -0.1) is 0 Å². The number of piperazine rings is 1. The van der Waals surface area contributed by atoms with E-state index in [2.05, 4.69) is 5.32 Å². The molecule has 2 aromatic rings. The number of ether oxygens (including phenoxy) is 2. The van der Waals surface area contributed by atoms with Gasteiger partial charge in [-0.3, -0.25) is 14.5 Å². The van der Waals surface area contributed by atoms with Crippen molar-refractivity contribution in [3.05, 3.63) is 52.5 Å². The van der Waals surface area contributed by atoms with E-state index in [1.165, 1.54) is 0 Å². The minimum Gasteiger partial charge on any atom is -0.486 e. The molecular formula is C23H26ClN3O4. The van der Waals surface area contributed by atoms with E-state index in [9.17, 15) is 9.59 Å². The molecule has 8 heteroatoms. The van der Waals surface area contributed by atoms with Crippen LogP contribution in [0.15, 0.2) is 36.4 Å². The van der Waals surface area contributed by atoms with E-state index >= 15 is 0 Å². The molecule has 1 saturated heterocycles. The molecule has 0 aromatic heterocycles. The van der Waals surface area contributed by atoms with Crippen LogP contribution in [0.3, 0.4) is 0 Å². The third-order valence-corrected chi connectivity index (χ3v) is 5.91. The first-order chi connectivity index (χ1) is 15.0. The van der Waals surface area contributed by atoms with Crippen molar-refractivity contribution < 1.29 is 19.1 Å². The third-order valence-electron chi connectivity index (χ3n) is 5.60. The van der Waals surface area contributed by atoms with E-state index in [1.807, 2.05) is 41.0 Å². The number of nitrogens with one attached hydrogen (secondary N) is 1. The Bertz CT molecular complexity index is 973. The molecule has 0 spiro atoms. The molecule has 2 aliphatic heterocycles. The van der Waals surface area contributed by atoms with E-state index in [0.717, 1.165) is 11.1 Å². The Morgan fingerprint density at radius 1 is 1.03 bits per heavy atom. The van der Waals surface area contributed by atoms with Gasteiger partial charge in [0.25, 0.3) is 0 Å². The number of carbonyl (C=O) groups excluding carboxylic acids is 2. The van der Waals surface area contributed by atoms with Gasteiger partial charge in [0, 0.05) is 38.3 Å². The second-order valence-corrected chi connectivity index (χ2v) is 8.19. The van der Waals surface area contributed by atoms with Gasteiger partial charge < -0.3 is 19.7 Å². The lowest BCUT2D eigenvalue weighted by molar-refractivity contribution is -0.132. The Labute approximate surface area is 186 Å². The van der Waals surface area contributed by atoms with E-state index in [1.54, 1.807) is 12.1 Å². The number of rotatable bonds is 5. The van der Waals surface area contributed by atoms with Crippen LogP contribution in [-0.2, 0) is 16.0 Å². The Morgan fingerprint density at radius 3 is 2.42 bits per heavy atom. The van der Waals surface area contributed by atoms with E-state index in [0.29, 0.717) is 68.0 Å². The van der Waals surface area contributed by atoms with Gasteiger partial charge >= 0.3 is 0 Å². The summed E-state index contributed by atoms with van der Waals surface area (Å²) in [5.74, 6) is 1.13. The minimum atomic E-state index is -0.154. The topological polar surface area (TPSA) is 71.1 Å². The zero-order chi connectivity index (χ0) is 21.8. The summed E-state index contributed by atoms with van der Waals surface area (Å²) in [6.07, 6.45) is 0.412. The molecule has 4 rings (SSSR count). The number of hydrogen-bond donors (Lipinski definition) is 1. The molecule has 31 heavy (non-hydrogen) atoms. The van der Waals surface area contributed by atoms with Crippen molar-refractivity contribution in [2.24, 2.45) is 0 Å². The van der Waals surface area contributed by atoms with Crippen LogP contribution >= 0.6 is 11.6 Å². The third kappa shape index (κ3) is 5.29. The van der Waals surface area contributed by atoms with Crippen LogP contribution in [-0.4, -0.2) is 67.6 Å². The number of amides is 2.